The molecule has 0 aromatic heterocycles. The number of aryl methyl sites for hydroxylation is 2. The first kappa shape index (κ1) is 14.6. The van der Waals surface area contributed by atoms with Crippen LogP contribution >= 0.6 is 0 Å². The highest BCUT2D eigenvalue weighted by Gasteiger charge is 2.18. The highest BCUT2D eigenvalue weighted by Crippen LogP contribution is 2.35. The van der Waals surface area contributed by atoms with E-state index in [0.29, 0.717) is 11.1 Å². The van der Waals surface area contributed by atoms with Crippen LogP contribution in [-0.4, -0.2) is 18.1 Å². The van der Waals surface area contributed by atoms with E-state index >= 15 is 0 Å². The summed E-state index contributed by atoms with van der Waals surface area (Å²) in [4.78, 5) is -0.206. The Bertz CT molecular complexity index is 748. The predicted octanol–water partition coefficient (Wildman–Crippen LogP) is 3.18. The molecule has 0 aliphatic rings. The molecule has 2 rings (SSSR count). The van der Waals surface area contributed by atoms with Gasteiger partial charge in [-0.05, 0) is 37.1 Å². The average Bonchev–Trinajstić information content (AvgIpc) is 2.36. The fourth-order valence-electron chi connectivity index (χ4n) is 2.10. The Morgan fingerprint density at radius 1 is 1.05 bits per heavy atom. The molecule has 0 heterocycles. The molecule has 2 N–H and O–H groups in total. The normalized spacial score (nSPS) is 11.6. The van der Waals surface area contributed by atoms with Gasteiger partial charge in [-0.15, -0.1) is 0 Å². The van der Waals surface area contributed by atoms with Gasteiger partial charge in [0, 0.05) is 11.1 Å². The van der Waals surface area contributed by atoms with Gasteiger partial charge in [-0.1, -0.05) is 30.7 Å². The van der Waals surface area contributed by atoms with Gasteiger partial charge in [0.1, 0.15) is 10.6 Å². The molecule has 0 saturated heterocycles. The smallest absolute Gasteiger partial charge is 0.295 e. The Hall–Kier alpha value is -1.85. The Morgan fingerprint density at radius 3 is 2.30 bits per heavy atom. The molecule has 2 aromatic carbocycles. The number of hydrogen-bond acceptors (Lipinski definition) is 3. The molecule has 0 radical (unpaired) electrons. The minimum atomic E-state index is -4.34. The molecule has 5 heteroatoms. The lowest BCUT2D eigenvalue weighted by Crippen LogP contribution is -2.01. The molecule has 0 unspecified atom stereocenters. The lowest BCUT2D eigenvalue weighted by molar-refractivity contribution is 0.476. The van der Waals surface area contributed by atoms with Crippen LogP contribution in [0.15, 0.2) is 41.3 Å². The fourth-order valence-corrected chi connectivity index (χ4v) is 2.79. The number of hydrogen-bond donors (Lipinski definition) is 2. The third-order valence-corrected chi connectivity index (χ3v) is 4.09. The monoisotopic (exact) mass is 292 g/mol. The molecule has 0 amide bonds. The van der Waals surface area contributed by atoms with Gasteiger partial charge < -0.3 is 5.11 Å². The molecule has 4 nitrogen and oxygen atoms in total. The summed E-state index contributed by atoms with van der Waals surface area (Å²) in [6, 6.07) is 9.66. The summed E-state index contributed by atoms with van der Waals surface area (Å²) in [7, 11) is -4.34. The highest BCUT2D eigenvalue weighted by molar-refractivity contribution is 7.86. The van der Waals surface area contributed by atoms with Crippen LogP contribution in [0.2, 0.25) is 0 Å². The fraction of sp³-hybridized carbons (Fsp3) is 0.200. The van der Waals surface area contributed by atoms with Gasteiger partial charge in [-0.25, -0.2) is 0 Å². The van der Waals surface area contributed by atoms with Crippen LogP contribution in [0.1, 0.15) is 18.1 Å². The minimum absolute atomic E-state index is 0.000139. The molecule has 106 valence electrons. The summed E-state index contributed by atoms with van der Waals surface area (Å²) in [5.74, 6) is -0.000139. The van der Waals surface area contributed by atoms with Crippen LogP contribution in [0, 0.1) is 6.92 Å². The summed E-state index contributed by atoms with van der Waals surface area (Å²) in [6.45, 7) is 3.78. The topological polar surface area (TPSA) is 74.6 Å². The number of phenolic OH excluding ortho intramolecular Hbond substituents is 1. The number of benzene rings is 2. The van der Waals surface area contributed by atoms with E-state index in [0.717, 1.165) is 17.5 Å². The first-order valence-corrected chi connectivity index (χ1v) is 7.67. The van der Waals surface area contributed by atoms with Crippen molar-refractivity contribution in [3.8, 4) is 16.9 Å². The molecular formula is C15H16O4S. The second kappa shape index (κ2) is 5.26. The lowest BCUT2D eigenvalue weighted by atomic mass is 10.00. The molecule has 0 atom stereocenters. The quantitative estimate of drug-likeness (QED) is 0.852. The van der Waals surface area contributed by atoms with E-state index in [2.05, 4.69) is 0 Å². The van der Waals surface area contributed by atoms with Crippen molar-refractivity contribution in [2.75, 3.05) is 0 Å². The van der Waals surface area contributed by atoms with Crippen molar-refractivity contribution in [2.45, 2.75) is 25.2 Å². The zero-order valence-corrected chi connectivity index (χ0v) is 12.1. The third-order valence-electron chi connectivity index (χ3n) is 3.17. The number of phenols is 1. The summed E-state index contributed by atoms with van der Waals surface area (Å²) in [6.07, 6.45) is 0.771. The van der Waals surface area contributed by atoms with Gasteiger partial charge in [0.25, 0.3) is 10.1 Å². The second-order valence-electron chi connectivity index (χ2n) is 4.68. The van der Waals surface area contributed by atoms with Crippen LogP contribution in [0.4, 0.5) is 0 Å². The standard InChI is InChI=1S/C15H16O4S/c1-3-11-5-6-12(14(16)9-11)13-8-10(2)4-7-15(13)20(17,18)19/h4-9,16H,3H2,1-2H3,(H,17,18,19). The van der Waals surface area contributed by atoms with Crippen molar-refractivity contribution in [3.05, 3.63) is 47.5 Å². The lowest BCUT2D eigenvalue weighted by Gasteiger charge is -2.11. The van der Waals surface area contributed by atoms with E-state index in [1.807, 2.05) is 19.9 Å². The molecule has 0 saturated carbocycles. The van der Waals surface area contributed by atoms with E-state index in [-0.39, 0.29) is 10.6 Å². The summed E-state index contributed by atoms with van der Waals surface area (Å²) < 4.78 is 32.2. The van der Waals surface area contributed by atoms with Crippen molar-refractivity contribution >= 4 is 10.1 Å². The van der Waals surface area contributed by atoms with E-state index in [1.165, 1.54) is 6.07 Å². The van der Waals surface area contributed by atoms with E-state index in [1.54, 1.807) is 24.3 Å². The minimum Gasteiger partial charge on any atom is -0.507 e. The average molecular weight is 292 g/mol. The Kier molecular flexibility index (Phi) is 3.83. The van der Waals surface area contributed by atoms with Crippen LogP contribution in [0.5, 0.6) is 5.75 Å². The maximum Gasteiger partial charge on any atom is 0.295 e. The maximum atomic E-state index is 11.4. The third kappa shape index (κ3) is 2.84. The van der Waals surface area contributed by atoms with Crippen molar-refractivity contribution in [3.63, 3.8) is 0 Å². The summed E-state index contributed by atoms with van der Waals surface area (Å²) >= 11 is 0. The first-order chi connectivity index (χ1) is 9.32. The largest absolute Gasteiger partial charge is 0.507 e. The molecule has 0 spiro atoms. The van der Waals surface area contributed by atoms with Gasteiger partial charge in [0.15, 0.2) is 0 Å². The van der Waals surface area contributed by atoms with Crippen molar-refractivity contribution in [1.82, 2.24) is 0 Å². The number of rotatable bonds is 3. The van der Waals surface area contributed by atoms with Gasteiger partial charge in [0.2, 0.25) is 0 Å². The summed E-state index contributed by atoms with van der Waals surface area (Å²) in [5.41, 5.74) is 2.48. The Balaban J connectivity index is 2.72. The number of aromatic hydroxyl groups is 1. The van der Waals surface area contributed by atoms with Crippen LogP contribution in [0.25, 0.3) is 11.1 Å². The van der Waals surface area contributed by atoms with Crippen molar-refractivity contribution < 1.29 is 18.1 Å². The van der Waals surface area contributed by atoms with Crippen LogP contribution in [0.3, 0.4) is 0 Å². The molecule has 0 fully saturated rings. The van der Waals surface area contributed by atoms with Gasteiger partial charge in [0.05, 0.1) is 0 Å². The maximum absolute atomic E-state index is 11.4. The molecular weight excluding hydrogens is 276 g/mol. The van der Waals surface area contributed by atoms with Crippen LogP contribution in [-0.2, 0) is 16.5 Å². The summed E-state index contributed by atoms with van der Waals surface area (Å²) in [5, 5.41) is 10.1. The Labute approximate surface area is 118 Å². The highest BCUT2D eigenvalue weighted by atomic mass is 32.2. The van der Waals surface area contributed by atoms with Crippen molar-refractivity contribution in [2.24, 2.45) is 0 Å². The molecule has 0 aliphatic heterocycles. The van der Waals surface area contributed by atoms with Crippen LogP contribution < -0.4 is 0 Å². The molecule has 20 heavy (non-hydrogen) atoms. The van der Waals surface area contributed by atoms with Crippen molar-refractivity contribution in [1.29, 1.82) is 0 Å². The molecule has 2 aromatic rings. The van der Waals surface area contributed by atoms with E-state index in [9.17, 15) is 18.1 Å². The second-order valence-corrected chi connectivity index (χ2v) is 6.07. The van der Waals surface area contributed by atoms with Gasteiger partial charge >= 0.3 is 0 Å². The molecule has 0 bridgehead atoms. The van der Waals surface area contributed by atoms with Gasteiger partial charge in [-0.2, -0.15) is 8.42 Å². The Morgan fingerprint density at radius 2 is 1.75 bits per heavy atom. The predicted molar refractivity (Wildman–Crippen MR) is 77.5 cm³/mol. The zero-order chi connectivity index (χ0) is 14.9. The van der Waals surface area contributed by atoms with Gasteiger partial charge in [-0.3, -0.25) is 4.55 Å². The SMILES string of the molecule is CCc1ccc(-c2cc(C)ccc2S(=O)(=O)O)c(O)c1. The van der Waals surface area contributed by atoms with E-state index < -0.39 is 10.1 Å². The first-order valence-electron chi connectivity index (χ1n) is 6.23. The van der Waals surface area contributed by atoms with E-state index in [4.69, 9.17) is 0 Å². The molecule has 0 aliphatic carbocycles. The zero-order valence-electron chi connectivity index (χ0n) is 11.3.